The van der Waals surface area contributed by atoms with Crippen molar-refractivity contribution in [1.82, 2.24) is 0 Å². The van der Waals surface area contributed by atoms with Crippen LogP contribution in [-0.4, -0.2) is 23.9 Å². The van der Waals surface area contributed by atoms with Crippen LogP contribution in [0.1, 0.15) is 11.8 Å². The van der Waals surface area contributed by atoms with E-state index >= 15 is 0 Å². The van der Waals surface area contributed by atoms with Crippen molar-refractivity contribution in [2.24, 2.45) is 4.99 Å². The molecule has 0 radical (unpaired) electrons. The summed E-state index contributed by atoms with van der Waals surface area (Å²) in [7, 11) is 1.55. The van der Waals surface area contributed by atoms with Crippen LogP contribution in [0.3, 0.4) is 0 Å². The van der Waals surface area contributed by atoms with Crippen LogP contribution >= 0.6 is 34.7 Å². The second kappa shape index (κ2) is 8.45. The molecule has 4 nitrogen and oxygen atoms in total. The molecule has 3 rings (SSSR count). The number of amides is 1. The van der Waals surface area contributed by atoms with Gasteiger partial charge in [0.25, 0.3) is 5.91 Å². The molecule has 0 aliphatic carbocycles. The van der Waals surface area contributed by atoms with Crippen molar-refractivity contribution in [1.29, 1.82) is 0 Å². The Kier molecular flexibility index (Phi) is 6.04. The number of methoxy groups -OCH3 is 1. The van der Waals surface area contributed by atoms with E-state index in [-0.39, 0.29) is 5.91 Å². The lowest BCUT2D eigenvalue weighted by molar-refractivity contribution is -0.113. The number of anilines is 1. The molecule has 1 aliphatic heterocycles. The van der Waals surface area contributed by atoms with Gasteiger partial charge in [-0.2, -0.15) is 0 Å². The molecule has 132 valence electrons. The van der Waals surface area contributed by atoms with Gasteiger partial charge in [0, 0.05) is 4.88 Å². The maximum Gasteiger partial charge on any atom is 0.283 e. The number of thioether (sulfide) groups is 1. The molecule has 26 heavy (non-hydrogen) atoms. The molecule has 7 heteroatoms. The summed E-state index contributed by atoms with van der Waals surface area (Å²) in [5, 5.41) is 2.98. The predicted molar refractivity (Wildman–Crippen MR) is 111 cm³/mol. The molecular formula is C19H15ClN2O2S2. The maximum atomic E-state index is 13.0. The molecule has 0 fully saturated rings. The number of rotatable bonds is 4. The second-order valence-electron chi connectivity index (χ2n) is 5.11. The van der Waals surface area contributed by atoms with Gasteiger partial charge in [0.05, 0.1) is 23.6 Å². The Morgan fingerprint density at radius 1 is 1.42 bits per heavy atom. The molecule has 1 aromatic heterocycles. The Bertz CT molecular complexity index is 940. The molecular weight excluding hydrogens is 388 g/mol. The van der Waals surface area contributed by atoms with Crippen molar-refractivity contribution >= 4 is 57.5 Å². The summed E-state index contributed by atoms with van der Waals surface area (Å²) >= 11 is 9.21. The zero-order valence-corrected chi connectivity index (χ0v) is 16.5. The first-order chi connectivity index (χ1) is 12.6. The van der Waals surface area contributed by atoms with Gasteiger partial charge < -0.3 is 4.74 Å². The van der Waals surface area contributed by atoms with E-state index in [9.17, 15) is 4.79 Å². The summed E-state index contributed by atoms with van der Waals surface area (Å²) in [6, 6.07) is 9.11. The third-order valence-corrected chi connectivity index (χ3v) is 5.43. The first-order valence-corrected chi connectivity index (χ1v) is 9.92. The standard InChI is InChI=1S/C19H15ClN2O2S2/c1-3-4-9-26-19-21-16(12-14-6-5-10-25-14)18(23)22(19)13-7-8-17(24-2)15(20)11-13/h5-8,10-12H,9H2,1-2H3. The minimum absolute atomic E-state index is 0.188. The Hall–Kier alpha value is -2.20. The molecule has 0 unspecified atom stereocenters. The van der Waals surface area contributed by atoms with E-state index in [2.05, 4.69) is 16.8 Å². The van der Waals surface area contributed by atoms with Gasteiger partial charge in [0.15, 0.2) is 5.17 Å². The van der Waals surface area contributed by atoms with E-state index in [1.807, 2.05) is 17.5 Å². The lowest BCUT2D eigenvalue weighted by Crippen LogP contribution is -2.30. The average molecular weight is 403 g/mol. The highest BCUT2D eigenvalue weighted by Gasteiger charge is 2.32. The number of hydrogen-bond acceptors (Lipinski definition) is 5. The fraction of sp³-hybridized carbons (Fsp3) is 0.158. The summed E-state index contributed by atoms with van der Waals surface area (Å²) in [5.74, 6) is 6.75. The Morgan fingerprint density at radius 2 is 2.27 bits per heavy atom. The van der Waals surface area contributed by atoms with Gasteiger partial charge in [-0.15, -0.1) is 17.3 Å². The van der Waals surface area contributed by atoms with Gasteiger partial charge in [-0.05, 0) is 42.6 Å². The van der Waals surface area contributed by atoms with Crippen molar-refractivity contribution < 1.29 is 9.53 Å². The molecule has 0 saturated carbocycles. The SMILES string of the molecule is CC#CCSC1=NC(=Cc2cccs2)C(=O)N1c1ccc(OC)c(Cl)c1. The summed E-state index contributed by atoms with van der Waals surface area (Å²) in [4.78, 5) is 20.0. The highest BCUT2D eigenvalue weighted by Crippen LogP contribution is 2.34. The van der Waals surface area contributed by atoms with Crippen LogP contribution in [0, 0.1) is 11.8 Å². The summed E-state index contributed by atoms with van der Waals surface area (Å²) in [5.41, 5.74) is 1.04. The van der Waals surface area contributed by atoms with E-state index in [1.165, 1.54) is 11.8 Å². The smallest absolute Gasteiger partial charge is 0.283 e. The fourth-order valence-electron chi connectivity index (χ4n) is 2.30. The first kappa shape index (κ1) is 18.6. The monoisotopic (exact) mass is 402 g/mol. The minimum Gasteiger partial charge on any atom is -0.495 e. The van der Waals surface area contributed by atoms with Crippen LogP contribution in [0.15, 0.2) is 46.4 Å². The molecule has 0 N–H and O–H groups in total. The van der Waals surface area contributed by atoms with Crippen molar-refractivity contribution in [2.75, 3.05) is 17.8 Å². The van der Waals surface area contributed by atoms with Gasteiger partial charge in [-0.3, -0.25) is 9.69 Å². The lowest BCUT2D eigenvalue weighted by atomic mass is 10.2. The number of halogens is 1. The number of carbonyl (C=O) groups excluding carboxylic acids is 1. The van der Waals surface area contributed by atoms with Gasteiger partial charge in [-0.1, -0.05) is 35.3 Å². The number of thiophene rings is 1. The quantitative estimate of drug-likeness (QED) is 0.539. The van der Waals surface area contributed by atoms with Crippen molar-refractivity contribution in [2.45, 2.75) is 6.92 Å². The van der Waals surface area contributed by atoms with Crippen LogP contribution in [0.2, 0.25) is 5.02 Å². The molecule has 1 aliphatic rings. The largest absolute Gasteiger partial charge is 0.495 e. The van der Waals surface area contributed by atoms with E-state index < -0.39 is 0 Å². The van der Waals surface area contributed by atoms with E-state index in [0.717, 1.165) is 4.88 Å². The lowest BCUT2D eigenvalue weighted by Gasteiger charge is -2.18. The van der Waals surface area contributed by atoms with Crippen molar-refractivity contribution in [3.63, 3.8) is 0 Å². The van der Waals surface area contributed by atoms with Crippen LogP contribution in [-0.2, 0) is 4.79 Å². The van der Waals surface area contributed by atoms with Gasteiger partial charge in [0.1, 0.15) is 11.4 Å². The third kappa shape index (κ3) is 3.96. The molecule has 2 aromatic rings. The van der Waals surface area contributed by atoms with Gasteiger partial charge in [-0.25, -0.2) is 4.99 Å². The number of hydrogen-bond donors (Lipinski definition) is 0. The number of carbonyl (C=O) groups is 1. The van der Waals surface area contributed by atoms with Crippen LogP contribution in [0.5, 0.6) is 5.75 Å². The Labute approximate surface area is 165 Å². The van der Waals surface area contributed by atoms with E-state index in [1.54, 1.807) is 54.5 Å². The number of amidine groups is 1. The molecule has 0 saturated heterocycles. The van der Waals surface area contributed by atoms with Crippen LogP contribution in [0.25, 0.3) is 6.08 Å². The second-order valence-corrected chi connectivity index (χ2v) is 7.44. The first-order valence-electron chi connectivity index (χ1n) is 7.68. The molecule has 0 atom stereocenters. The summed E-state index contributed by atoms with van der Waals surface area (Å²) in [6.45, 7) is 1.78. The topological polar surface area (TPSA) is 41.9 Å². The number of nitrogens with zero attached hydrogens (tertiary/aromatic N) is 2. The third-order valence-electron chi connectivity index (χ3n) is 3.50. The zero-order chi connectivity index (χ0) is 18.5. The Morgan fingerprint density at radius 3 is 2.92 bits per heavy atom. The van der Waals surface area contributed by atoms with Crippen molar-refractivity contribution in [3.8, 4) is 17.6 Å². The maximum absolute atomic E-state index is 13.0. The number of benzene rings is 1. The number of ether oxygens (including phenoxy) is 1. The van der Waals surface area contributed by atoms with Gasteiger partial charge in [0.2, 0.25) is 0 Å². The zero-order valence-electron chi connectivity index (χ0n) is 14.2. The molecule has 1 aromatic carbocycles. The summed E-state index contributed by atoms with van der Waals surface area (Å²) < 4.78 is 5.19. The van der Waals surface area contributed by atoms with Crippen molar-refractivity contribution in [3.05, 3.63) is 51.3 Å². The Balaban J connectivity index is 1.98. The average Bonchev–Trinajstić information content (AvgIpc) is 3.24. The van der Waals surface area contributed by atoms with Crippen LogP contribution in [0.4, 0.5) is 5.69 Å². The summed E-state index contributed by atoms with van der Waals surface area (Å²) in [6.07, 6.45) is 1.80. The number of aliphatic imine (C=N–C) groups is 1. The minimum atomic E-state index is -0.188. The predicted octanol–water partition coefficient (Wildman–Crippen LogP) is 4.91. The van der Waals surface area contributed by atoms with Gasteiger partial charge >= 0.3 is 0 Å². The molecule has 2 heterocycles. The molecule has 0 bridgehead atoms. The molecule has 1 amide bonds. The van der Waals surface area contributed by atoms with E-state index in [0.29, 0.717) is 33.1 Å². The molecule has 0 spiro atoms. The highest BCUT2D eigenvalue weighted by atomic mass is 35.5. The fourth-order valence-corrected chi connectivity index (χ4v) is 4.03. The normalized spacial score (nSPS) is 15.0. The van der Waals surface area contributed by atoms with E-state index in [4.69, 9.17) is 16.3 Å². The highest BCUT2D eigenvalue weighted by molar-refractivity contribution is 8.14. The van der Waals surface area contributed by atoms with Crippen LogP contribution < -0.4 is 9.64 Å².